The number of aromatic amines is 1. The lowest BCUT2D eigenvalue weighted by molar-refractivity contribution is -0.121. The zero-order valence-electron chi connectivity index (χ0n) is 13.4. The highest BCUT2D eigenvalue weighted by Crippen LogP contribution is 2.19. The van der Waals surface area contributed by atoms with Gasteiger partial charge >= 0.3 is 0 Å². The van der Waals surface area contributed by atoms with Crippen molar-refractivity contribution in [1.82, 2.24) is 19.9 Å². The minimum atomic E-state index is -0.299. The van der Waals surface area contributed by atoms with Crippen LogP contribution < -0.4 is 10.9 Å². The maximum absolute atomic E-state index is 12.5. The van der Waals surface area contributed by atoms with Crippen LogP contribution in [0.1, 0.15) is 32.1 Å². The lowest BCUT2D eigenvalue weighted by Gasteiger charge is -2.13. The van der Waals surface area contributed by atoms with Crippen LogP contribution >= 0.6 is 12.2 Å². The van der Waals surface area contributed by atoms with E-state index in [2.05, 4.69) is 21.4 Å². The summed E-state index contributed by atoms with van der Waals surface area (Å²) in [6, 6.07) is 3.35. The zero-order chi connectivity index (χ0) is 16.9. The van der Waals surface area contributed by atoms with Crippen molar-refractivity contribution in [2.24, 2.45) is 0 Å². The maximum Gasteiger partial charge on any atom is 0.264 e. The van der Waals surface area contributed by atoms with Crippen molar-refractivity contribution in [2.75, 3.05) is 6.54 Å². The molecule has 7 heteroatoms. The number of nitrogens with one attached hydrogen (secondary N) is 2. The van der Waals surface area contributed by atoms with E-state index in [1.807, 2.05) is 0 Å². The molecule has 0 saturated heterocycles. The number of amides is 1. The molecule has 0 fully saturated rings. The third kappa shape index (κ3) is 3.79. The largest absolute Gasteiger partial charge is 0.354 e. The topological polar surface area (TPSA) is 79.8 Å². The number of hydrogen-bond donors (Lipinski definition) is 2. The summed E-state index contributed by atoms with van der Waals surface area (Å²) in [4.78, 5) is 31.6. The van der Waals surface area contributed by atoms with Crippen LogP contribution in [-0.4, -0.2) is 27.0 Å². The highest BCUT2D eigenvalue weighted by Gasteiger charge is 2.10. The monoisotopic (exact) mass is 344 g/mol. The maximum atomic E-state index is 12.5. The Morgan fingerprint density at radius 1 is 1.42 bits per heavy atom. The first-order valence-electron chi connectivity index (χ1n) is 8.17. The summed E-state index contributed by atoms with van der Waals surface area (Å²) in [6.07, 6.45) is 9.48. The summed E-state index contributed by atoms with van der Waals surface area (Å²) < 4.78 is 1.48. The fourth-order valence-corrected chi connectivity index (χ4v) is 3.17. The first-order valence-corrected chi connectivity index (χ1v) is 8.58. The average Bonchev–Trinajstić information content (AvgIpc) is 2.59. The molecule has 0 aliphatic heterocycles. The number of nitrogens with zero attached hydrogens (tertiary/aromatic N) is 2. The van der Waals surface area contributed by atoms with Crippen LogP contribution in [0.25, 0.3) is 11.0 Å². The number of allylic oxidation sites excluding steroid dienone is 1. The Balaban J connectivity index is 1.66. The van der Waals surface area contributed by atoms with Crippen molar-refractivity contribution >= 4 is 29.2 Å². The number of pyridine rings is 1. The molecule has 1 aliphatic carbocycles. The van der Waals surface area contributed by atoms with Gasteiger partial charge in [0.25, 0.3) is 5.56 Å². The molecule has 0 bridgehead atoms. The van der Waals surface area contributed by atoms with Gasteiger partial charge in [-0.15, -0.1) is 0 Å². The minimum Gasteiger partial charge on any atom is -0.354 e. The van der Waals surface area contributed by atoms with Crippen molar-refractivity contribution in [3.8, 4) is 0 Å². The molecule has 2 N–H and O–H groups in total. The first-order chi connectivity index (χ1) is 11.6. The Labute approximate surface area is 144 Å². The summed E-state index contributed by atoms with van der Waals surface area (Å²) in [6.45, 7) is 0.503. The Bertz CT molecular complexity index is 897. The molecule has 0 saturated carbocycles. The van der Waals surface area contributed by atoms with Gasteiger partial charge in [0, 0.05) is 12.7 Å². The number of rotatable bonds is 5. The molecular formula is C17H20N4O2S. The summed E-state index contributed by atoms with van der Waals surface area (Å²) >= 11 is 5.18. The van der Waals surface area contributed by atoms with Crippen molar-refractivity contribution in [3.63, 3.8) is 0 Å². The molecule has 1 amide bonds. The van der Waals surface area contributed by atoms with Gasteiger partial charge < -0.3 is 10.3 Å². The Morgan fingerprint density at radius 2 is 2.29 bits per heavy atom. The molecule has 0 spiro atoms. The Hall–Kier alpha value is -2.28. The standard InChI is InChI=1S/C17H20N4O2S/c22-14(18-10-8-12-5-2-1-3-6-12)11-21-16(23)13-7-4-9-19-15(13)20-17(21)24/h4-5,7,9H,1-3,6,8,10-11H2,(H,18,22)(H,19,20,24). The van der Waals surface area contributed by atoms with Gasteiger partial charge in [-0.05, 0) is 56.5 Å². The second-order valence-electron chi connectivity index (χ2n) is 5.93. The summed E-state index contributed by atoms with van der Waals surface area (Å²) in [5, 5.41) is 3.29. The SMILES string of the molecule is O=C(Cn1c(=S)[nH]c2ncccc2c1=O)NCCC1=CCCCC1. The van der Waals surface area contributed by atoms with E-state index in [-0.39, 0.29) is 22.8 Å². The van der Waals surface area contributed by atoms with Gasteiger partial charge in [-0.2, -0.15) is 0 Å². The highest BCUT2D eigenvalue weighted by atomic mass is 32.1. The van der Waals surface area contributed by atoms with E-state index in [9.17, 15) is 9.59 Å². The molecule has 6 nitrogen and oxygen atoms in total. The van der Waals surface area contributed by atoms with Crippen LogP contribution in [0.5, 0.6) is 0 Å². The number of H-pyrrole nitrogens is 1. The van der Waals surface area contributed by atoms with Gasteiger partial charge in [-0.3, -0.25) is 14.2 Å². The fraction of sp³-hybridized carbons (Fsp3) is 0.412. The lowest BCUT2D eigenvalue weighted by atomic mass is 9.97. The number of carbonyl (C=O) groups is 1. The van der Waals surface area contributed by atoms with Gasteiger partial charge in [0.05, 0.1) is 5.39 Å². The second-order valence-corrected chi connectivity index (χ2v) is 6.32. The third-order valence-electron chi connectivity index (χ3n) is 4.21. The van der Waals surface area contributed by atoms with E-state index in [4.69, 9.17) is 12.2 Å². The quantitative estimate of drug-likeness (QED) is 0.645. The molecule has 126 valence electrons. The van der Waals surface area contributed by atoms with Gasteiger partial charge in [-0.1, -0.05) is 11.6 Å². The van der Waals surface area contributed by atoms with E-state index in [0.717, 1.165) is 19.3 Å². The first kappa shape index (κ1) is 16.6. The lowest BCUT2D eigenvalue weighted by Crippen LogP contribution is -2.33. The normalized spacial score (nSPS) is 14.4. The second kappa shape index (κ2) is 7.53. The van der Waals surface area contributed by atoms with E-state index >= 15 is 0 Å². The highest BCUT2D eigenvalue weighted by molar-refractivity contribution is 7.71. The van der Waals surface area contributed by atoms with Crippen LogP contribution in [0.2, 0.25) is 0 Å². The molecule has 2 aromatic heterocycles. The summed E-state index contributed by atoms with van der Waals surface area (Å²) in [5.41, 5.74) is 1.55. The van der Waals surface area contributed by atoms with Gasteiger partial charge in [0.15, 0.2) is 4.77 Å². The number of aromatic nitrogens is 3. The smallest absolute Gasteiger partial charge is 0.264 e. The van der Waals surface area contributed by atoms with Crippen molar-refractivity contribution < 1.29 is 4.79 Å². The number of fused-ring (bicyclic) bond motifs is 1. The minimum absolute atomic E-state index is 0.0853. The van der Waals surface area contributed by atoms with Gasteiger partial charge in [-0.25, -0.2) is 4.98 Å². The molecule has 2 aromatic rings. The molecule has 24 heavy (non-hydrogen) atoms. The third-order valence-corrected chi connectivity index (χ3v) is 4.53. The Morgan fingerprint density at radius 3 is 3.08 bits per heavy atom. The predicted octanol–water partition coefficient (Wildman–Crippen LogP) is 2.46. The molecular weight excluding hydrogens is 324 g/mol. The summed E-state index contributed by atoms with van der Waals surface area (Å²) in [7, 11) is 0. The number of carbonyl (C=O) groups excluding carboxylic acids is 1. The average molecular weight is 344 g/mol. The van der Waals surface area contributed by atoms with Crippen LogP contribution in [0, 0.1) is 4.77 Å². The summed E-state index contributed by atoms with van der Waals surface area (Å²) in [5.74, 6) is -0.212. The van der Waals surface area contributed by atoms with Crippen LogP contribution in [0.3, 0.4) is 0 Å². The van der Waals surface area contributed by atoms with Crippen LogP contribution in [0.15, 0.2) is 34.8 Å². The molecule has 0 radical (unpaired) electrons. The van der Waals surface area contributed by atoms with Crippen LogP contribution in [0.4, 0.5) is 0 Å². The van der Waals surface area contributed by atoms with Gasteiger partial charge in [0.1, 0.15) is 12.2 Å². The van der Waals surface area contributed by atoms with E-state index < -0.39 is 0 Å². The van der Waals surface area contributed by atoms with Gasteiger partial charge in [0.2, 0.25) is 5.91 Å². The van der Waals surface area contributed by atoms with Crippen molar-refractivity contribution in [1.29, 1.82) is 0 Å². The van der Waals surface area contributed by atoms with E-state index in [1.165, 1.54) is 23.0 Å². The number of hydrogen-bond acceptors (Lipinski definition) is 4. The van der Waals surface area contributed by atoms with Crippen LogP contribution in [-0.2, 0) is 11.3 Å². The molecule has 0 atom stereocenters. The fourth-order valence-electron chi connectivity index (χ4n) is 2.92. The molecule has 2 heterocycles. The van der Waals surface area contributed by atoms with Crippen molar-refractivity contribution in [2.45, 2.75) is 38.6 Å². The molecule has 1 aliphatic rings. The zero-order valence-corrected chi connectivity index (χ0v) is 14.2. The van der Waals surface area contributed by atoms with Crippen molar-refractivity contribution in [3.05, 3.63) is 45.1 Å². The predicted molar refractivity (Wildman–Crippen MR) is 95.4 cm³/mol. The molecule has 0 aromatic carbocycles. The van der Waals surface area contributed by atoms with E-state index in [0.29, 0.717) is 17.6 Å². The Kier molecular flexibility index (Phi) is 5.20. The molecule has 0 unspecified atom stereocenters. The molecule has 3 rings (SSSR count). The van der Waals surface area contributed by atoms with E-state index in [1.54, 1.807) is 18.3 Å².